The molecule has 1 fully saturated rings. The first-order valence-corrected chi connectivity index (χ1v) is 12.1. The Labute approximate surface area is 179 Å². The third-order valence-electron chi connectivity index (χ3n) is 5.72. The molecule has 1 saturated heterocycles. The Morgan fingerprint density at radius 1 is 1.10 bits per heavy atom. The predicted molar refractivity (Wildman–Crippen MR) is 117 cm³/mol. The van der Waals surface area contributed by atoms with E-state index in [2.05, 4.69) is 14.8 Å². The van der Waals surface area contributed by atoms with E-state index in [-0.39, 0.29) is 17.6 Å². The van der Waals surface area contributed by atoms with Gasteiger partial charge in [0.2, 0.25) is 10.0 Å². The van der Waals surface area contributed by atoms with E-state index >= 15 is 0 Å². The Bertz CT molecular complexity index is 885. The number of piperazine rings is 1. The zero-order valence-corrected chi connectivity index (χ0v) is 18.6. The van der Waals surface area contributed by atoms with Crippen molar-refractivity contribution in [2.45, 2.75) is 19.4 Å². The Morgan fingerprint density at radius 3 is 2.40 bits per heavy atom. The molecule has 0 N–H and O–H groups in total. The molecule has 2 aromatic rings. The number of aromatic nitrogens is 1. The second-order valence-electron chi connectivity index (χ2n) is 7.67. The van der Waals surface area contributed by atoms with Gasteiger partial charge in [-0.05, 0) is 42.8 Å². The topological polar surface area (TPSA) is 56.8 Å². The maximum Gasteiger partial charge on any atom is 0.213 e. The lowest BCUT2D eigenvalue weighted by molar-refractivity contribution is 0.108. The largest absolute Gasteiger partial charge is 0.301 e. The summed E-state index contributed by atoms with van der Waals surface area (Å²) in [7, 11) is -1.53. The number of nitrogens with zero attached hydrogens (tertiary/aromatic N) is 4. The Hall–Kier alpha value is -1.87. The number of sulfonamides is 1. The maximum atomic E-state index is 13.4. The van der Waals surface area contributed by atoms with Gasteiger partial charge in [0.1, 0.15) is 5.82 Å². The van der Waals surface area contributed by atoms with Crippen LogP contribution in [0.25, 0.3) is 0 Å². The van der Waals surface area contributed by atoms with E-state index in [1.54, 1.807) is 13.2 Å². The van der Waals surface area contributed by atoms with Crippen LogP contribution in [0.3, 0.4) is 0 Å². The molecule has 0 radical (unpaired) electrons. The van der Waals surface area contributed by atoms with E-state index in [4.69, 9.17) is 0 Å². The van der Waals surface area contributed by atoms with Gasteiger partial charge in [-0.25, -0.2) is 17.1 Å². The predicted octanol–water partition coefficient (Wildman–Crippen LogP) is 2.60. The third-order valence-corrected chi connectivity index (χ3v) is 7.74. The summed E-state index contributed by atoms with van der Waals surface area (Å²) in [5.41, 5.74) is 1.98. The smallest absolute Gasteiger partial charge is 0.213 e. The Balaban J connectivity index is 1.60. The average molecular weight is 435 g/mol. The maximum absolute atomic E-state index is 13.4. The molecule has 30 heavy (non-hydrogen) atoms. The van der Waals surface area contributed by atoms with Crippen LogP contribution < -0.4 is 0 Å². The minimum atomic E-state index is -3.15. The summed E-state index contributed by atoms with van der Waals surface area (Å²) >= 11 is 0. The zero-order valence-electron chi connectivity index (χ0n) is 17.7. The highest BCUT2D eigenvalue weighted by Crippen LogP contribution is 2.28. The van der Waals surface area contributed by atoms with Crippen LogP contribution in [0.4, 0.5) is 4.39 Å². The van der Waals surface area contributed by atoms with Crippen molar-refractivity contribution in [3.63, 3.8) is 0 Å². The number of halogens is 1. The molecule has 1 unspecified atom stereocenters. The molecule has 1 aromatic heterocycles. The number of benzene rings is 1. The van der Waals surface area contributed by atoms with Crippen LogP contribution in [0, 0.1) is 5.82 Å². The first-order chi connectivity index (χ1) is 14.4. The van der Waals surface area contributed by atoms with Gasteiger partial charge in [0.15, 0.2) is 0 Å². The molecule has 1 atom stereocenters. The molecule has 0 aliphatic carbocycles. The average Bonchev–Trinajstić information content (AvgIpc) is 2.76. The van der Waals surface area contributed by atoms with Crippen molar-refractivity contribution in [2.24, 2.45) is 0 Å². The summed E-state index contributed by atoms with van der Waals surface area (Å²) < 4.78 is 39.1. The fraction of sp³-hybridized carbons (Fsp3) is 0.500. The minimum Gasteiger partial charge on any atom is -0.301 e. The highest BCUT2D eigenvalue weighted by molar-refractivity contribution is 7.89. The summed E-state index contributed by atoms with van der Waals surface area (Å²) in [6.45, 7) is 6.55. The lowest BCUT2D eigenvalue weighted by Gasteiger charge is -2.39. The van der Waals surface area contributed by atoms with Crippen LogP contribution in [0.1, 0.15) is 30.6 Å². The second-order valence-corrected chi connectivity index (χ2v) is 9.87. The third kappa shape index (κ3) is 5.85. The van der Waals surface area contributed by atoms with Crippen molar-refractivity contribution >= 4 is 10.0 Å². The molecule has 1 aliphatic heterocycles. The van der Waals surface area contributed by atoms with E-state index in [9.17, 15) is 12.8 Å². The van der Waals surface area contributed by atoms with E-state index in [1.165, 1.54) is 16.4 Å². The van der Waals surface area contributed by atoms with Crippen molar-refractivity contribution in [3.8, 4) is 0 Å². The molecule has 0 saturated carbocycles. The normalized spacial score (nSPS) is 17.3. The van der Waals surface area contributed by atoms with Gasteiger partial charge in [-0.3, -0.25) is 9.88 Å². The van der Waals surface area contributed by atoms with Crippen molar-refractivity contribution in [1.29, 1.82) is 0 Å². The summed E-state index contributed by atoms with van der Waals surface area (Å²) in [5, 5.41) is 0. The van der Waals surface area contributed by atoms with Gasteiger partial charge in [0.25, 0.3) is 0 Å². The molecule has 1 aliphatic rings. The van der Waals surface area contributed by atoms with Crippen molar-refractivity contribution < 1.29 is 12.8 Å². The molecule has 2 heterocycles. The van der Waals surface area contributed by atoms with Crippen molar-refractivity contribution in [3.05, 3.63) is 65.7 Å². The monoisotopic (exact) mass is 434 g/mol. The minimum absolute atomic E-state index is 0.0208. The van der Waals surface area contributed by atoms with Crippen LogP contribution in [0.15, 0.2) is 48.7 Å². The quantitative estimate of drug-likeness (QED) is 0.607. The van der Waals surface area contributed by atoms with Crippen LogP contribution in [-0.2, 0) is 10.0 Å². The second kappa shape index (κ2) is 10.4. The highest BCUT2D eigenvalue weighted by atomic mass is 32.2. The molecule has 0 amide bonds. The van der Waals surface area contributed by atoms with Gasteiger partial charge in [-0.15, -0.1) is 0 Å². The van der Waals surface area contributed by atoms with E-state index in [0.717, 1.165) is 44.0 Å². The fourth-order valence-electron chi connectivity index (χ4n) is 3.82. The Morgan fingerprint density at radius 2 is 1.80 bits per heavy atom. The molecule has 0 bridgehead atoms. The van der Waals surface area contributed by atoms with Crippen LogP contribution in [0.2, 0.25) is 0 Å². The Kier molecular flexibility index (Phi) is 7.93. The summed E-state index contributed by atoms with van der Waals surface area (Å²) in [4.78, 5) is 9.24. The zero-order chi connectivity index (χ0) is 21.6. The molecular weight excluding hydrogens is 403 g/mol. The van der Waals surface area contributed by atoms with Crippen LogP contribution >= 0.6 is 0 Å². The first kappa shape index (κ1) is 22.8. The fourth-order valence-corrected chi connectivity index (χ4v) is 5.02. The van der Waals surface area contributed by atoms with Gasteiger partial charge in [0, 0.05) is 46.0 Å². The molecule has 8 heteroatoms. The molecule has 6 nitrogen and oxygen atoms in total. The van der Waals surface area contributed by atoms with Crippen LogP contribution in [-0.4, -0.2) is 79.6 Å². The van der Waals surface area contributed by atoms with Crippen molar-refractivity contribution in [2.75, 3.05) is 52.1 Å². The van der Waals surface area contributed by atoms with Gasteiger partial charge >= 0.3 is 0 Å². The van der Waals surface area contributed by atoms with Gasteiger partial charge in [0.05, 0.1) is 17.5 Å². The summed E-state index contributed by atoms with van der Waals surface area (Å²) in [5.74, 6) is -0.0593. The molecular formula is C22H31FN4O2S. The van der Waals surface area contributed by atoms with Gasteiger partial charge < -0.3 is 4.90 Å². The summed E-state index contributed by atoms with van der Waals surface area (Å²) in [6, 6.07) is 12.5. The lowest BCUT2D eigenvalue weighted by atomic mass is 10.00. The summed E-state index contributed by atoms with van der Waals surface area (Å²) in [6.07, 6.45) is 2.42. The van der Waals surface area contributed by atoms with E-state index < -0.39 is 10.0 Å². The molecule has 164 valence electrons. The lowest BCUT2D eigenvalue weighted by Crippen LogP contribution is -2.48. The van der Waals surface area contributed by atoms with Crippen LogP contribution in [0.5, 0.6) is 0 Å². The standard InChI is InChI=1S/C22H31FN4O2S/c1-3-25(2)30(28,29)18-6-13-26-14-16-27(17-15-26)22(21-7-4-5-12-24-21)19-8-10-20(23)11-9-19/h4-5,7-12,22H,3,6,13-18H2,1-2H3. The number of hydrogen-bond donors (Lipinski definition) is 0. The molecule has 0 spiro atoms. The molecule has 1 aromatic carbocycles. The number of hydrogen-bond acceptors (Lipinski definition) is 5. The van der Waals surface area contributed by atoms with Gasteiger partial charge in [-0.1, -0.05) is 25.1 Å². The number of rotatable bonds is 9. The molecule has 3 rings (SSSR count). The van der Waals surface area contributed by atoms with E-state index in [0.29, 0.717) is 13.0 Å². The first-order valence-electron chi connectivity index (χ1n) is 10.5. The number of pyridine rings is 1. The highest BCUT2D eigenvalue weighted by Gasteiger charge is 2.27. The van der Waals surface area contributed by atoms with Crippen molar-refractivity contribution in [1.82, 2.24) is 19.1 Å². The van der Waals surface area contributed by atoms with E-state index in [1.807, 2.05) is 37.3 Å². The van der Waals surface area contributed by atoms with Gasteiger partial charge in [-0.2, -0.15) is 0 Å². The SMILES string of the molecule is CCN(C)S(=O)(=O)CCCN1CCN(C(c2ccc(F)cc2)c2ccccn2)CC1.